The van der Waals surface area contributed by atoms with Crippen molar-refractivity contribution >= 4 is 38.9 Å². The maximum atomic E-state index is 10.5. The molecule has 0 unspecified atom stereocenters. The van der Waals surface area contributed by atoms with Crippen LogP contribution < -0.4 is 0 Å². The van der Waals surface area contributed by atoms with E-state index in [0.717, 1.165) is 38.5 Å². The molecule has 5 heteroatoms. The van der Waals surface area contributed by atoms with Crippen molar-refractivity contribution in [2.45, 2.75) is 155 Å². The number of carbonyl (C=O) groups excluding carboxylic acids is 3. The Kier molecular flexibility index (Phi) is 28.6. The molecule has 0 N–H and O–H groups in total. The molecule has 0 saturated heterocycles. The second kappa shape index (κ2) is 24.8. The zero-order valence-electron chi connectivity index (χ0n) is 29.5. The Morgan fingerprint density at radius 2 is 0.975 bits per heavy atom. The van der Waals surface area contributed by atoms with Crippen molar-refractivity contribution in [3.63, 3.8) is 0 Å². The van der Waals surface area contributed by atoms with Gasteiger partial charge in [0.2, 0.25) is 0 Å². The lowest BCUT2D eigenvalue weighted by Gasteiger charge is -2.16. The number of ketones is 3. The van der Waals surface area contributed by atoms with Crippen LogP contribution in [0.3, 0.4) is 0 Å². The molecule has 3 nitrogen and oxygen atoms in total. The third-order valence-corrected chi connectivity index (χ3v) is 6.37. The first-order valence-electron chi connectivity index (χ1n) is 14.8. The second-order valence-corrected chi connectivity index (χ2v) is 17.8. The molecule has 0 spiro atoms. The average molecular weight is 601 g/mol. The van der Waals surface area contributed by atoms with Gasteiger partial charge >= 0.3 is 0 Å². The SMILES string of the molecule is CC(=O)CC=CCC(C)(C)C.CC(=O)CCC(C)(C)C.CC(=O)CCCC(C)(C)C.CSSC=CCC(C)(C)C. The normalized spacial score (nSPS) is 12.1. The van der Waals surface area contributed by atoms with Gasteiger partial charge in [-0.15, -0.1) is 0 Å². The molecule has 0 aromatic rings. The van der Waals surface area contributed by atoms with E-state index in [9.17, 15) is 14.4 Å². The summed E-state index contributed by atoms with van der Waals surface area (Å²) in [5.74, 6) is 0.837. The van der Waals surface area contributed by atoms with E-state index in [4.69, 9.17) is 0 Å². The fraction of sp³-hybridized carbons (Fsp3) is 0.800. The first-order chi connectivity index (χ1) is 17.8. The van der Waals surface area contributed by atoms with Gasteiger partial charge in [-0.1, -0.05) is 123 Å². The summed E-state index contributed by atoms with van der Waals surface area (Å²) >= 11 is 0. The first-order valence-corrected chi connectivity index (χ1v) is 17.4. The molecule has 0 rings (SSSR count). The number of rotatable bonds is 11. The van der Waals surface area contributed by atoms with Crippen LogP contribution in [0.25, 0.3) is 0 Å². The van der Waals surface area contributed by atoms with Gasteiger partial charge < -0.3 is 9.59 Å². The molecule has 0 amide bonds. The fourth-order valence-electron chi connectivity index (χ4n) is 2.60. The van der Waals surface area contributed by atoms with Gasteiger partial charge in [0.05, 0.1) is 0 Å². The molecule has 238 valence electrons. The van der Waals surface area contributed by atoms with Gasteiger partial charge in [0.25, 0.3) is 0 Å². The maximum absolute atomic E-state index is 10.5. The van der Waals surface area contributed by atoms with Crippen molar-refractivity contribution in [1.29, 1.82) is 0 Å². The second-order valence-electron chi connectivity index (χ2n) is 15.4. The Balaban J connectivity index is -0.000000217. The van der Waals surface area contributed by atoms with Crippen LogP contribution in [0, 0.1) is 21.7 Å². The lowest BCUT2D eigenvalue weighted by molar-refractivity contribution is -0.118. The maximum Gasteiger partial charge on any atom is 0.133 e. The average Bonchev–Trinajstić information content (AvgIpc) is 2.71. The molecule has 0 fully saturated rings. The van der Waals surface area contributed by atoms with E-state index < -0.39 is 0 Å². The summed E-state index contributed by atoms with van der Waals surface area (Å²) in [6, 6.07) is 0. The number of Topliss-reactive ketones (excluding diaryl/α,β-unsaturated/α-hetero) is 3. The number of hydrogen-bond acceptors (Lipinski definition) is 5. The molecular formula is C35H68O3S2. The summed E-state index contributed by atoms with van der Waals surface area (Å²) in [5, 5.41) is 2.16. The van der Waals surface area contributed by atoms with Crippen molar-refractivity contribution in [3.05, 3.63) is 23.6 Å². The minimum atomic E-state index is 0.232. The van der Waals surface area contributed by atoms with Crippen molar-refractivity contribution in [2.24, 2.45) is 21.7 Å². The molecule has 0 aliphatic rings. The quantitative estimate of drug-likeness (QED) is 0.174. The molecular weight excluding hydrogens is 533 g/mol. The first kappa shape index (κ1) is 46.2. The predicted octanol–water partition coefficient (Wildman–Crippen LogP) is 12.1. The highest BCUT2D eigenvalue weighted by Crippen LogP contribution is 2.23. The minimum absolute atomic E-state index is 0.232. The highest BCUT2D eigenvalue weighted by Gasteiger charge is 2.10. The van der Waals surface area contributed by atoms with E-state index in [-0.39, 0.29) is 5.78 Å². The largest absolute Gasteiger partial charge is 0.300 e. The number of hydrogen-bond donors (Lipinski definition) is 0. The monoisotopic (exact) mass is 600 g/mol. The van der Waals surface area contributed by atoms with Gasteiger partial charge in [-0.05, 0) is 86.2 Å². The van der Waals surface area contributed by atoms with Gasteiger partial charge in [0.1, 0.15) is 17.3 Å². The fourth-order valence-corrected chi connectivity index (χ4v) is 3.46. The van der Waals surface area contributed by atoms with Crippen LogP contribution in [0.15, 0.2) is 23.6 Å². The summed E-state index contributed by atoms with van der Waals surface area (Å²) in [6.07, 6.45) is 15.8. The molecule has 0 aliphatic heterocycles. The number of carbonyl (C=O) groups is 3. The molecule has 0 aromatic heterocycles. The molecule has 0 aliphatic carbocycles. The van der Waals surface area contributed by atoms with Crippen LogP contribution in [0.1, 0.15) is 155 Å². The minimum Gasteiger partial charge on any atom is -0.300 e. The number of allylic oxidation sites excluding steroid dienone is 3. The highest BCUT2D eigenvalue weighted by molar-refractivity contribution is 8.77. The van der Waals surface area contributed by atoms with Crippen LogP contribution in [0.5, 0.6) is 0 Å². The lowest BCUT2D eigenvalue weighted by Crippen LogP contribution is -2.06. The van der Waals surface area contributed by atoms with Crippen molar-refractivity contribution < 1.29 is 14.4 Å². The summed E-state index contributed by atoms with van der Waals surface area (Å²) in [5.41, 5.74) is 1.48. The smallest absolute Gasteiger partial charge is 0.133 e. The summed E-state index contributed by atoms with van der Waals surface area (Å²) < 4.78 is 0. The Bertz CT molecular complexity index is 707. The van der Waals surface area contributed by atoms with Gasteiger partial charge in [-0.2, -0.15) is 0 Å². The highest BCUT2D eigenvalue weighted by atomic mass is 33.1. The Hall–Kier alpha value is -0.810. The van der Waals surface area contributed by atoms with Crippen molar-refractivity contribution in [3.8, 4) is 0 Å². The van der Waals surface area contributed by atoms with E-state index in [2.05, 4.69) is 107 Å². The summed E-state index contributed by atoms with van der Waals surface area (Å²) in [4.78, 5) is 31.5. The summed E-state index contributed by atoms with van der Waals surface area (Å²) in [7, 11) is 3.57. The van der Waals surface area contributed by atoms with Gasteiger partial charge in [-0.3, -0.25) is 4.79 Å². The van der Waals surface area contributed by atoms with Gasteiger partial charge in [-0.25, -0.2) is 0 Å². The van der Waals surface area contributed by atoms with Crippen LogP contribution in [0.2, 0.25) is 0 Å². The molecule has 0 saturated carbocycles. The summed E-state index contributed by atoms with van der Waals surface area (Å²) in [6.45, 7) is 31.3. The van der Waals surface area contributed by atoms with Crippen LogP contribution in [-0.4, -0.2) is 23.6 Å². The van der Waals surface area contributed by atoms with Crippen LogP contribution in [0.4, 0.5) is 0 Å². The van der Waals surface area contributed by atoms with E-state index in [1.54, 1.807) is 42.4 Å². The van der Waals surface area contributed by atoms with E-state index >= 15 is 0 Å². The standard InChI is InChI=1S/C10H18O.C9H18O.C8H16O.C8H16S2/c1-9(11)7-5-6-8-10(2,3)4;1-8(10)6-5-7-9(2,3)4;1-7(9)5-6-8(2,3)4;1-8(2,3)6-5-7-10-9-4/h5-6H,7-8H2,1-4H3;5-7H2,1-4H3;5-6H2,1-4H3;5,7H,6H2,1-4H3. The molecule has 0 atom stereocenters. The zero-order valence-corrected chi connectivity index (χ0v) is 31.1. The van der Waals surface area contributed by atoms with Crippen molar-refractivity contribution in [2.75, 3.05) is 6.26 Å². The third-order valence-electron chi connectivity index (χ3n) is 4.96. The van der Waals surface area contributed by atoms with Gasteiger partial charge in [0.15, 0.2) is 0 Å². The van der Waals surface area contributed by atoms with Crippen LogP contribution in [-0.2, 0) is 14.4 Å². The topological polar surface area (TPSA) is 51.2 Å². The predicted molar refractivity (Wildman–Crippen MR) is 186 cm³/mol. The van der Waals surface area contributed by atoms with Gasteiger partial charge in [0, 0.05) is 19.3 Å². The lowest BCUT2D eigenvalue weighted by atomic mass is 9.89. The molecule has 0 radical (unpaired) electrons. The van der Waals surface area contributed by atoms with E-state index in [1.165, 1.54) is 6.42 Å². The Labute approximate surface area is 259 Å². The Morgan fingerprint density at radius 1 is 0.550 bits per heavy atom. The van der Waals surface area contributed by atoms with E-state index in [0.29, 0.717) is 39.6 Å². The molecule has 0 aromatic carbocycles. The third kappa shape index (κ3) is 65.9. The molecule has 40 heavy (non-hydrogen) atoms. The Morgan fingerprint density at radius 3 is 1.27 bits per heavy atom. The molecule has 0 heterocycles. The molecule has 0 bridgehead atoms. The zero-order chi connectivity index (χ0) is 32.6. The van der Waals surface area contributed by atoms with Crippen molar-refractivity contribution in [1.82, 2.24) is 0 Å². The van der Waals surface area contributed by atoms with Crippen LogP contribution >= 0.6 is 21.6 Å². The van der Waals surface area contributed by atoms with E-state index in [1.807, 2.05) is 6.08 Å².